The number of rotatable bonds is 0. The van der Waals surface area contributed by atoms with Crippen LogP contribution in [0.15, 0.2) is 0 Å². The van der Waals surface area contributed by atoms with Crippen LogP contribution in [-0.4, -0.2) is 25.2 Å². The molecule has 2 rings (SSSR count). The summed E-state index contributed by atoms with van der Waals surface area (Å²) in [5, 5.41) is 6.74. The van der Waals surface area contributed by atoms with E-state index in [1.807, 2.05) is 0 Å². The number of hydrogen-bond donors (Lipinski definition) is 2. The highest BCUT2D eigenvalue weighted by Crippen LogP contribution is 2.12. The molecule has 0 aromatic rings. The minimum Gasteiger partial charge on any atom is -0.311 e. The molecule has 0 aromatic heterocycles. The van der Waals surface area contributed by atoms with E-state index in [2.05, 4.69) is 10.6 Å². The lowest BCUT2D eigenvalue weighted by Crippen LogP contribution is -2.58. The van der Waals surface area contributed by atoms with E-state index in [1.165, 1.54) is 19.5 Å². The van der Waals surface area contributed by atoms with Crippen LogP contribution in [0.1, 0.15) is 6.42 Å². The number of nitrogens with one attached hydrogen (secondary N) is 2. The van der Waals surface area contributed by atoms with Gasteiger partial charge in [-0.3, -0.25) is 0 Å². The molecule has 40 valence electrons. The van der Waals surface area contributed by atoms with Crippen LogP contribution in [0.4, 0.5) is 0 Å². The monoisotopic (exact) mass is 98.1 g/mol. The normalized spacial score (nSPS) is 48.0. The zero-order valence-corrected chi connectivity index (χ0v) is 4.28. The van der Waals surface area contributed by atoms with Crippen LogP contribution in [0.5, 0.6) is 0 Å². The third-order valence-corrected chi connectivity index (χ3v) is 1.95. The molecule has 0 saturated carbocycles. The van der Waals surface area contributed by atoms with Crippen molar-refractivity contribution < 1.29 is 0 Å². The summed E-state index contributed by atoms with van der Waals surface area (Å²) in [6.45, 7) is 2.42. The Morgan fingerprint density at radius 2 is 2.14 bits per heavy atom. The highest BCUT2D eigenvalue weighted by atomic mass is 15.2. The molecule has 7 heavy (non-hydrogen) atoms. The first-order chi connectivity index (χ1) is 3.47. The van der Waals surface area contributed by atoms with Gasteiger partial charge in [-0.15, -0.1) is 0 Å². The van der Waals surface area contributed by atoms with Gasteiger partial charge in [0.2, 0.25) is 0 Å². The summed E-state index contributed by atoms with van der Waals surface area (Å²) in [5.74, 6) is 0. The van der Waals surface area contributed by atoms with Gasteiger partial charge in [-0.05, 0) is 13.0 Å². The highest BCUT2D eigenvalue weighted by Gasteiger charge is 2.33. The quantitative estimate of drug-likeness (QED) is 0.419. The van der Waals surface area contributed by atoms with Crippen molar-refractivity contribution in [2.24, 2.45) is 0 Å². The molecule has 0 aliphatic carbocycles. The largest absolute Gasteiger partial charge is 0.311 e. The molecular weight excluding hydrogens is 88.1 g/mol. The van der Waals surface area contributed by atoms with Crippen molar-refractivity contribution in [3.63, 3.8) is 0 Å². The summed E-state index contributed by atoms with van der Waals surface area (Å²) < 4.78 is 0. The Balaban J connectivity index is 2.03. The van der Waals surface area contributed by atoms with Crippen LogP contribution in [0.2, 0.25) is 0 Å². The zero-order valence-electron chi connectivity index (χ0n) is 4.28. The summed E-state index contributed by atoms with van der Waals surface area (Å²) in [6, 6.07) is 1.67. The topological polar surface area (TPSA) is 24.1 Å². The summed E-state index contributed by atoms with van der Waals surface area (Å²) in [5.41, 5.74) is 0. The average Bonchev–Trinajstić information content (AvgIpc) is 1.85. The molecule has 2 aliphatic heterocycles. The Kier molecular flexibility index (Phi) is 0.664. The van der Waals surface area contributed by atoms with Gasteiger partial charge in [0.05, 0.1) is 0 Å². The molecule has 0 amide bonds. The maximum Gasteiger partial charge on any atom is 0.0347 e. The molecule has 2 saturated heterocycles. The molecule has 2 unspecified atom stereocenters. The molecule has 2 atom stereocenters. The molecule has 2 heteroatoms. The van der Waals surface area contributed by atoms with Crippen molar-refractivity contribution >= 4 is 0 Å². The predicted molar refractivity (Wildman–Crippen MR) is 28.2 cm³/mol. The Morgan fingerprint density at radius 3 is 2.43 bits per heavy atom. The second-order valence-corrected chi connectivity index (χ2v) is 2.36. The van der Waals surface area contributed by atoms with Crippen LogP contribution in [0.25, 0.3) is 0 Å². The summed E-state index contributed by atoms with van der Waals surface area (Å²) in [6.07, 6.45) is 1.34. The van der Waals surface area contributed by atoms with E-state index >= 15 is 0 Å². The fourth-order valence-electron chi connectivity index (χ4n) is 1.34. The van der Waals surface area contributed by atoms with E-state index in [9.17, 15) is 0 Å². The van der Waals surface area contributed by atoms with Gasteiger partial charge in [0.1, 0.15) is 0 Å². The molecule has 0 aromatic carbocycles. The van der Waals surface area contributed by atoms with Gasteiger partial charge < -0.3 is 10.6 Å². The Bertz CT molecular complexity index is 72.1. The highest BCUT2D eigenvalue weighted by molar-refractivity contribution is 4.98. The summed E-state index contributed by atoms with van der Waals surface area (Å²) in [7, 11) is 0. The maximum atomic E-state index is 3.39. The minimum absolute atomic E-state index is 0.833. The molecule has 2 aliphatic rings. The minimum atomic E-state index is 0.833. The van der Waals surface area contributed by atoms with Gasteiger partial charge in [-0.1, -0.05) is 0 Å². The van der Waals surface area contributed by atoms with Crippen LogP contribution in [-0.2, 0) is 0 Å². The number of hydrogen-bond acceptors (Lipinski definition) is 2. The Hall–Kier alpha value is -0.0800. The van der Waals surface area contributed by atoms with Crippen molar-refractivity contribution in [2.75, 3.05) is 13.1 Å². The van der Waals surface area contributed by atoms with Crippen molar-refractivity contribution in [2.45, 2.75) is 18.5 Å². The molecule has 0 radical (unpaired) electrons. The van der Waals surface area contributed by atoms with Gasteiger partial charge in [0, 0.05) is 18.6 Å². The van der Waals surface area contributed by atoms with Crippen LogP contribution < -0.4 is 10.6 Å². The van der Waals surface area contributed by atoms with Crippen molar-refractivity contribution in [3.8, 4) is 0 Å². The first kappa shape index (κ1) is 3.87. The van der Waals surface area contributed by atoms with Gasteiger partial charge >= 0.3 is 0 Å². The third-order valence-electron chi connectivity index (χ3n) is 1.95. The second kappa shape index (κ2) is 1.20. The summed E-state index contributed by atoms with van der Waals surface area (Å²) >= 11 is 0. The molecular formula is C5H10N2. The molecule has 2 nitrogen and oxygen atoms in total. The average molecular weight is 98.1 g/mol. The van der Waals surface area contributed by atoms with Crippen LogP contribution >= 0.6 is 0 Å². The number of fused-ring (bicyclic) bond motifs is 1. The summed E-state index contributed by atoms with van der Waals surface area (Å²) in [4.78, 5) is 0. The first-order valence-electron chi connectivity index (χ1n) is 2.93. The fraction of sp³-hybridized carbons (Fsp3) is 1.00. The Labute approximate surface area is 43.3 Å². The lowest BCUT2D eigenvalue weighted by atomic mass is 10.0. The van der Waals surface area contributed by atoms with E-state index < -0.39 is 0 Å². The SMILES string of the molecule is C1CC2NCC2N1. The maximum absolute atomic E-state index is 3.39. The van der Waals surface area contributed by atoms with Crippen LogP contribution in [0.3, 0.4) is 0 Å². The van der Waals surface area contributed by atoms with Gasteiger partial charge in [-0.25, -0.2) is 0 Å². The zero-order chi connectivity index (χ0) is 4.69. The van der Waals surface area contributed by atoms with E-state index in [-0.39, 0.29) is 0 Å². The van der Waals surface area contributed by atoms with Gasteiger partial charge in [0.25, 0.3) is 0 Å². The Morgan fingerprint density at radius 1 is 1.14 bits per heavy atom. The van der Waals surface area contributed by atoms with Gasteiger partial charge in [0.15, 0.2) is 0 Å². The molecule has 2 N–H and O–H groups in total. The van der Waals surface area contributed by atoms with E-state index in [1.54, 1.807) is 0 Å². The lowest BCUT2D eigenvalue weighted by Gasteiger charge is -2.31. The van der Waals surface area contributed by atoms with E-state index in [0.717, 1.165) is 12.1 Å². The van der Waals surface area contributed by atoms with Crippen molar-refractivity contribution in [3.05, 3.63) is 0 Å². The second-order valence-electron chi connectivity index (χ2n) is 2.36. The standard InChI is InChI=1S/C5H10N2/c1-2-6-5-3-7-4(1)5/h4-7H,1-3H2. The predicted octanol–water partition coefficient (Wildman–Crippen LogP) is -0.680. The molecule has 0 bridgehead atoms. The van der Waals surface area contributed by atoms with Crippen molar-refractivity contribution in [1.29, 1.82) is 0 Å². The molecule has 2 fully saturated rings. The lowest BCUT2D eigenvalue weighted by molar-refractivity contribution is 0.328. The van der Waals surface area contributed by atoms with Gasteiger partial charge in [-0.2, -0.15) is 0 Å². The van der Waals surface area contributed by atoms with E-state index in [4.69, 9.17) is 0 Å². The van der Waals surface area contributed by atoms with E-state index in [0.29, 0.717) is 0 Å². The molecule has 2 heterocycles. The first-order valence-corrected chi connectivity index (χ1v) is 2.93. The smallest absolute Gasteiger partial charge is 0.0347 e. The molecule has 0 spiro atoms. The third kappa shape index (κ3) is 0.409. The van der Waals surface area contributed by atoms with Crippen molar-refractivity contribution in [1.82, 2.24) is 10.6 Å². The van der Waals surface area contributed by atoms with Crippen LogP contribution in [0, 0.1) is 0 Å². The fourth-order valence-corrected chi connectivity index (χ4v) is 1.34.